The molecule has 1 unspecified atom stereocenters. The maximum Gasteiger partial charge on any atom is 0.268 e. The highest BCUT2D eigenvalue weighted by Gasteiger charge is 2.24. The van der Waals surface area contributed by atoms with Crippen LogP contribution in [0, 0.1) is 0 Å². The van der Waals surface area contributed by atoms with Crippen LogP contribution in [0.1, 0.15) is 6.42 Å². The number of rotatable bonds is 4. The molecule has 136 valence electrons. The lowest BCUT2D eigenvalue weighted by atomic mass is 10.3. The topological polar surface area (TPSA) is 69.4 Å². The summed E-state index contributed by atoms with van der Waals surface area (Å²) in [6, 6.07) is 9.32. The Morgan fingerprint density at radius 1 is 1.31 bits per heavy atom. The number of hydrogen-bond donors (Lipinski definition) is 0. The van der Waals surface area contributed by atoms with E-state index in [-0.39, 0.29) is 24.1 Å². The molecule has 1 fully saturated rings. The Morgan fingerprint density at radius 2 is 2.19 bits per heavy atom. The quantitative estimate of drug-likeness (QED) is 0.697. The van der Waals surface area contributed by atoms with Crippen LogP contribution < -0.4 is 5.56 Å². The van der Waals surface area contributed by atoms with Crippen molar-refractivity contribution in [3.05, 3.63) is 53.1 Å². The van der Waals surface area contributed by atoms with Crippen molar-refractivity contribution in [2.75, 3.05) is 19.7 Å². The minimum atomic E-state index is -0.0990. The highest BCUT2D eigenvalue weighted by Crippen LogP contribution is 2.16. The molecule has 8 heteroatoms. The van der Waals surface area contributed by atoms with Crippen molar-refractivity contribution >= 4 is 27.5 Å². The van der Waals surface area contributed by atoms with Gasteiger partial charge in [-0.05, 0) is 24.6 Å². The fourth-order valence-corrected chi connectivity index (χ4v) is 4.18. The van der Waals surface area contributed by atoms with Crippen molar-refractivity contribution in [2.24, 2.45) is 0 Å². The van der Waals surface area contributed by atoms with E-state index in [4.69, 9.17) is 4.74 Å². The van der Waals surface area contributed by atoms with Gasteiger partial charge in [-0.15, -0.1) is 0 Å². The molecule has 4 rings (SSSR count). The molecule has 1 aliphatic heterocycles. The van der Waals surface area contributed by atoms with E-state index in [1.807, 2.05) is 35.1 Å². The van der Waals surface area contributed by atoms with Gasteiger partial charge in [0.2, 0.25) is 5.91 Å². The van der Waals surface area contributed by atoms with Gasteiger partial charge in [0, 0.05) is 32.1 Å². The Kier molecular flexibility index (Phi) is 4.85. The zero-order valence-electron chi connectivity index (χ0n) is 14.3. The number of nitrogens with zero attached hydrogens (tertiary/aromatic N) is 4. The van der Waals surface area contributed by atoms with Crippen LogP contribution >= 0.6 is 11.5 Å². The van der Waals surface area contributed by atoms with Gasteiger partial charge < -0.3 is 9.64 Å². The Hall–Kier alpha value is -2.45. The number of fused-ring (bicyclic) bond motifs is 1. The van der Waals surface area contributed by atoms with Crippen LogP contribution in [0.25, 0.3) is 10.1 Å². The Morgan fingerprint density at radius 3 is 3.00 bits per heavy atom. The van der Waals surface area contributed by atoms with E-state index < -0.39 is 0 Å². The summed E-state index contributed by atoms with van der Waals surface area (Å²) in [5.74, 6) is -0.0466. The lowest BCUT2D eigenvalue weighted by Gasteiger charge is -2.24. The molecule has 3 aromatic rings. The molecule has 0 bridgehead atoms. The highest BCUT2D eigenvalue weighted by atomic mass is 32.1. The third kappa shape index (κ3) is 3.56. The Balaban J connectivity index is 1.47. The number of hydrogen-bond acceptors (Lipinski definition) is 5. The van der Waals surface area contributed by atoms with Gasteiger partial charge in [-0.3, -0.25) is 18.2 Å². The van der Waals surface area contributed by atoms with E-state index in [9.17, 15) is 9.59 Å². The lowest BCUT2D eigenvalue weighted by Crippen LogP contribution is -2.40. The van der Waals surface area contributed by atoms with Crippen molar-refractivity contribution in [1.82, 2.24) is 18.6 Å². The second-order valence-corrected chi connectivity index (χ2v) is 7.41. The molecule has 0 aliphatic carbocycles. The summed E-state index contributed by atoms with van der Waals surface area (Å²) in [7, 11) is 0. The second-order valence-electron chi connectivity index (χ2n) is 6.34. The van der Waals surface area contributed by atoms with Gasteiger partial charge in [0.25, 0.3) is 5.56 Å². The average Bonchev–Trinajstić information content (AvgIpc) is 3.18. The van der Waals surface area contributed by atoms with Gasteiger partial charge in [-0.1, -0.05) is 23.7 Å². The first-order valence-electron chi connectivity index (χ1n) is 8.66. The van der Waals surface area contributed by atoms with Crippen molar-refractivity contribution < 1.29 is 9.53 Å². The van der Waals surface area contributed by atoms with Crippen LogP contribution in [-0.4, -0.2) is 50.3 Å². The monoisotopic (exact) mass is 372 g/mol. The molecule has 1 atom stereocenters. The zero-order valence-corrected chi connectivity index (χ0v) is 15.1. The molecule has 1 aliphatic rings. The summed E-state index contributed by atoms with van der Waals surface area (Å²) in [6.45, 7) is 2.47. The molecule has 1 aromatic carbocycles. The van der Waals surface area contributed by atoms with E-state index in [0.29, 0.717) is 31.6 Å². The predicted octanol–water partition coefficient (Wildman–Crippen LogP) is 1.58. The van der Waals surface area contributed by atoms with Gasteiger partial charge in [0.15, 0.2) is 0 Å². The Bertz CT molecular complexity index is 947. The maximum absolute atomic E-state index is 12.8. The van der Waals surface area contributed by atoms with Gasteiger partial charge >= 0.3 is 0 Å². The van der Waals surface area contributed by atoms with Gasteiger partial charge in [0.05, 0.1) is 22.7 Å². The second kappa shape index (κ2) is 7.43. The molecule has 7 nitrogen and oxygen atoms in total. The first-order valence-corrected chi connectivity index (χ1v) is 9.44. The predicted molar refractivity (Wildman–Crippen MR) is 99.2 cm³/mol. The molecule has 0 spiro atoms. The number of aromatic nitrogens is 3. The average molecular weight is 372 g/mol. The normalized spacial score (nSPS) is 18.2. The van der Waals surface area contributed by atoms with Crippen LogP contribution in [0.15, 0.2) is 47.5 Å². The fraction of sp³-hybridized carbons (Fsp3) is 0.389. The van der Waals surface area contributed by atoms with E-state index in [2.05, 4.69) is 5.10 Å². The number of benzene rings is 1. The number of amides is 1. The largest absolute Gasteiger partial charge is 0.374 e. The molecular weight excluding hydrogens is 352 g/mol. The van der Waals surface area contributed by atoms with Gasteiger partial charge in [0.1, 0.15) is 6.54 Å². The van der Waals surface area contributed by atoms with E-state index in [1.54, 1.807) is 21.1 Å². The SMILES string of the molecule is O=C(Cn1sc2ccccc2c1=O)N1CCCOC(Cn2cccn2)C1. The van der Waals surface area contributed by atoms with Crippen LogP contribution in [0.4, 0.5) is 0 Å². The molecule has 0 radical (unpaired) electrons. The summed E-state index contributed by atoms with van der Waals surface area (Å²) in [5, 5.41) is 4.87. The summed E-state index contributed by atoms with van der Waals surface area (Å²) in [4.78, 5) is 27.1. The Labute approximate surface area is 154 Å². The van der Waals surface area contributed by atoms with Gasteiger partial charge in [-0.2, -0.15) is 5.10 Å². The zero-order chi connectivity index (χ0) is 17.9. The smallest absolute Gasteiger partial charge is 0.268 e. The molecule has 26 heavy (non-hydrogen) atoms. The van der Waals surface area contributed by atoms with E-state index >= 15 is 0 Å². The van der Waals surface area contributed by atoms with E-state index in [0.717, 1.165) is 11.1 Å². The number of carbonyl (C=O) groups is 1. The molecular formula is C18H20N4O3S. The van der Waals surface area contributed by atoms with Crippen LogP contribution in [0.2, 0.25) is 0 Å². The first kappa shape index (κ1) is 17.0. The first-order chi connectivity index (χ1) is 12.7. The maximum atomic E-state index is 12.8. The fourth-order valence-electron chi connectivity index (χ4n) is 3.19. The summed E-state index contributed by atoms with van der Waals surface area (Å²) in [6.07, 6.45) is 4.31. The molecule has 0 saturated carbocycles. The minimum Gasteiger partial charge on any atom is -0.374 e. The van der Waals surface area contributed by atoms with Crippen molar-refractivity contribution in [1.29, 1.82) is 0 Å². The van der Waals surface area contributed by atoms with Crippen LogP contribution in [-0.2, 0) is 22.6 Å². The lowest BCUT2D eigenvalue weighted by molar-refractivity contribution is -0.132. The summed E-state index contributed by atoms with van der Waals surface area (Å²) in [5.41, 5.74) is -0.0990. The molecule has 3 heterocycles. The van der Waals surface area contributed by atoms with Crippen LogP contribution in [0.3, 0.4) is 0 Å². The number of carbonyl (C=O) groups excluding carboxylic acids is 1. The molecule has 1 saturated heterocycles. The number of ether oxygens (including phenoxy) is 1. The molecule has 0 N–H and O–H groups in total. The minimum absolute atomic E-state index is 0.0466. The van der Waals surface area contributed by atoms with Crippen LogP contribution in [0.5, 0.6) is 0 Å². The molecule has 2 aromatic heterocycles. The van der Waals surface area contributed by atoms with Crippen molar-refractivity contribution in [2.45, 2.75) is 25.6 Å². The molecule has 1 amide bonds. The summed E-state index contributed by atoms with van der Waals surface area (Å²) < 4.78 is 10.1. The standard InChI is InChI=1S/C18H20N4O3S/c23-17(13-22-18(24)15-5-1-2-6-16(15)26-22)20-8-4-10-25-14(11-20)12-21-9-3-7-19-21/h1-3,5-7,9,14H,4,8,10-13H2. The third-order valence-corrected chi connectivity index (χ3v) is 5.55. The highest BCUT2D eigenvalue weighted by molar-refractivity contribution is 7.13. The third-order valence-electron chi connectivity index (χ3n) is 4.48. The van der Waals surface area contributed by atoms with Crippen molar-refractivity contribution in [3.8, 4) is 0 Å². The summed E-state index contributed by atoms with van der Waals surface area (Å²) >= 11 is 1.34. The van der Waals surface area contributed by atoms with Gasteiger partial charge in [-0.25, -0.2) is 0 Å². The van der Waals surface area contributed by atoms with E-state index in [1.165, 1.54) is 11.5 Å². The van der Waals surface area contributed by atoms with Crippen molar-refractivity contribution in [3.63, 3.8) is 0 Å².